The van der Waals surface area contributed by atoms with Crippen LogP contribution in [0.4, 0.5) is 0 Å². The van der Waals surface area contributed by atoms with Crippen LogP contribution in [0.15, 0.2) is 69.5 Å². The lowest BCUT2D eigenvalue weighted by Gasteiger charge is -2.00. The van der Waals surface area contributed by atoms with Crippen LogP contribution in [0.25, 0.3) is 54.6 Å². The van der Waals surface area contributed by atoms with E-state index in [1.165, 1.54) is 0 Å². The molecule has 2 heterocycles. The molecule has 6 rings (SSSR count). The molecule has 0 radical (unpaired) electrons. The van der Waals surface area contributed by atoms with Gasteiger partial charge in [-0.1, -0.05) is 41.4 Å². The molecule has 0 aliphatic heterocycles. The molecule has 0 unspecified atom stereocenters. The Morgan fingerprint density at radius 1 is 0.577 bits per heavy atom. The second-order valence-corrected chi connectivity index (χ2v) is 7.26. The molecule has 0 spiro atoms. The van der Waals surface area contributed by atoms with Crippen molar-refractivity contribution in [3.05, 3.63) is 70.7 Å². The van der Waals surface area contributed by atoms with Crippen molar-refractivity contribution >= 4 is 77.9 Å². The lowest BCUT2D eigenvalue weighted by molar-refractivity contribution is 0.668. The second-order valence-electron chi connectivity index (χ2n) is 6.48. The summed E-state index contributed by atoms with van der Waals surface area (Å²) in [4.78, 5) is 0. The maximum Gasteiger partial charge on any atom is 0.137 e. The molecular weight excluding hydrogens is 367 g/mol. The molecule has 0 N–H and O–H groups in total. The van der Waals surface area contributed by atoms with Gasteiger partial charge < -0.3 is 8.83 Å². The summed E-state index contributed by atoms with van der Waals surface area (Å²) in [6.07, 6.45) is 0. The Kier molecular flexibility index (Phi) is 2.75. The fraction of sp³-hybridized carbons (Fsp3) is 0. The van der Waals surface area contributed by atoms with E-state index in [1.54, 1.807) is 6.07 Å². The van der Waals surface area contributed by atoms with Gasteiger partial charge in [0.1, 0.15) is 22.3 Å². The van der Waals surface area contributed by atoms with Crippen molar-refractivity contribution in [2.24, 2.45) is 0 Å². The highest BCUT2D eigenvalue weighted by molar-refractivity contribution is 6.46. The Morgan fingerprint density at radius 3 is 2.12 bits per heavy atom. The zero-order valence-corrected chi connectivity index (χ0v) is 14.9. The summed E-state index contributed by atoms with van der Waals surface area (Å²) in [5.74, 6) is 0. The summed E-state index contributed by atoms with van der Waals surface area (Å²) in [5.41, 5.74) is 3.29. The van der Waals surface area contributed by atoms with E-state index in [4.69, 9.17) is 32.0 Å². The van der Waals surface area contributed by atoms with Crippen molar-refractivity contribution in [3.63, 3.8) is 0 Å². The number of halogens is 2. The van der Waals surface area contributed by atoms with Gasteiger partial charge in [0.2, 0.25) is 0 Å². The first-order valence-corrected chi connectivity index (χ1v) is 9.00. The van der Waals surface area contributed by atoms with Gasteiger partial charge in [-0.2, -0.15) is 0 Å². The third kappa shape index (κ3) is 1.83. The number of hydrogen-bond acceptors (Lipinski definition) is 2. The summed E-state index contributed by atoms with van der Waals surface area (Å²) >= 11 is 12.6. The molecule has 124 valence electrons. The largest absolute Gasteiger partial charge is 0.456 e. The maximum absolute atomic E-state index is 6.44. The van der Waals surface area contributed by atoms with Crippen molar-refractivity contribution in [1.29, 1.82) is 0 Å². The lowest BCUT2D eigenvalue weighted by Crippen LogP contribution is -1.75. The van der Waals surface area contributed by atoms with Gasteiger partial charge in [-0.05, 0) is 53.2 Å². The van der Waals surface area contributed by atoms with Gasteiger partial charge in [-0.3, -0.25) is 0 Å². The summed E-state index contributed by atoms with van der Waals surface area (Å²) in [7, 11) is 0. The van der Waals surface area contributed by atoms with Crippen molar-refractivity contribution < 1.29 is 8.83 Å². The van der Waals surface area contributed by atoms with Crippen LogP contribution in [0, 0.1) is 0 Å². The summed E-state index contributed by atoms with van der Waals surface area (Å²) in [6, 6.07) is 20.0. The van der Waals surface area contributed by atoms with Crippen molar-refractivity contribution in [3.8, 4) is 0 Å². The second kappa shape index (κ2) is 4.94. The minimum atomic E-state index is 0.520. The summed E-state index contributed by atoms with van der Waals surface area (Å²) in [5, 5.41) is 7.23. The number of benzene rings is 4. The lowest BCUT2D eigenvalue weighted by atomic mass is 10.0. The standard InChI is InChI=1S/C22H10Cl2O2/c23-16-5-6-18-21(22(16)24)15-8-12-9-19-14(7-11(12)10-20(15)26-18)13-3-1-2-4-17(13)25-19/h1-10H. The highest BCUT2D eigenvalue weighted by Gasteiger charge is 2.15. The van der Waals surface area contributed by atoms with Gasteiger partial charge in [-0.15, -0.1) is 0 Å². The molecule has 0 saturated carbocycles. The molecule has 0 aliphatic rings. The van der Waals surface area contributed by atoms with Crippen LogP contribution in [0.3, 0.4) is 0 Å². The van der Waals surface area contributed by atoms with E-state index in [0.29, 0.717) is 10.0 Å². The van der Waals surface area contributed by atoms with E-state index < -0.39 is 0 Å². The quantitative estimate of drug-likeness (QED) is 0.268. The molecule has 0 bridgehead atoms. The molecule has 6 aromatic rings. The number of hydrogen-bond donors (Lipinski definition) is 0. The Labute approximate surface area is 157 Å². The molecule has 0 atom stereocenters. The Hall–Kier alpha value is -2.68. The molecule has 2 nitrogen and oxygen atoms in total. The number of para-hydroxylation sites is 1. The minimum absolute atomic E-state index is 0.520. The number of fused-ring (bicyclic) bond motifs is 7. The Morgan fingerprint density at radius 2 is 1.27 bits per heavy atom. The highest BCUT2D eigenvalue weighted by atomic mass is 35.5. The van der Waals surface area contributed by atoms with Crippen molar-refractivity contribution in [1.82, 2.24) is 0 Å². The summed E-state index contributed by atoms with van der Waals surface area (Å²) < 4.78 is 12.0. The van der Waals surface area contributed by atoms with Gasteiger partial charge in [0.15, 0.2) is 0 Å². The molecule has 4 aromatic carbocycles. The van der Waals surface area contributed by atoms with Crippen LogP contribution < -0.4 is 0 Å². The van der Waals surface area contributed by atoms with Crippen molar-refractivity contribution in [2.45, 2.75) is 0 Å². The fourth-order valence-electron chi connectivity index (χ4n) is 3.77. The van der Waals surface area contributed by atoms with Crippen LogP contribution in [-0.4, -0.2) is 0 Å². The molecule has 0 saturated heterocycles. The molecule has 0 fully saturated rings. The average molecular weight is 377 g/mol. The smallest absolute Gasteiger partial charge is 0.137 e. The van der Waals surface area contributed by atoms with E-state index in [1.807, 2.05) is 24.3 Å². The Balaban J connectivity index is 1.79. The van der Waals surface area contributed by atoms with Crippen molar-refractivity contribution in [2.75, 3.05) is 0 Å². The highest BCUT2D eigenvalue weighted by Crippen LogP contribution is 2.40. The zero-order valence-electron chi connectivity index (χ0n) is 13.3. The van der Waals surface area contributed by atoms with E-state index in [2.05, 4.69) is 30.3 Å². The third-order valence-corrected chi connectivity index (χ3v) is 5.78. The third-order valence-electron chi connectivity index (χ3n) is 4.98. The van der Waals surface area contributed by atoms with Crippen LogP contribution in [0.5, 0.6) is 0 Å². The molecular formula is C22H10Cl2O2. The first-order chi connectivity index (χ1) is 12.7. The maximum atomic E-state index is 6.44. The normalized spacial score (nSPS) is 12.2. The van der Waals surface area contributed by atoms with Crippen LogP contribution in [-0.2, 0) is 0 Å². The minimum Gasteiger partial charge on any atom is -0.456 e. The molecule has 4 heteroatoms. The molecule has 2 aromatic heterocycles. The Bertz CT molecular complexity index is 1510. The monoisotopic (exact) mass is 376 g/mol. The number of furan rings is 2. The van der Waals surface area contributed by atoms with Crippen LogP contribution >= 0.6 is 23.2 Å². The van der Waals surface area contributed by atoms with Gasteiger partial charge in [0, 0.05) is 21.5 Å². The van der Waals surface area contributed by atoms with Crippen LogP contribution in [0.2, 0.25) is 10.0 Å². The van der Waals surface area contributed by atoms with E-state index >= 15 is 0 Å². The van der Waals surface area contributed by atoms with E-state index in [9.17, 15) is 0 Å². The molecule has 26 heavy (non-hydrogen) atoms. The predicted molar refractivity (Wildman–Crippen MR) is 109 cm³/mol. The van der Waals surface area contributed by atoms with Gasteiger partial charge >= 0.3 is 0 Å². The van der Waals surface area contributed by atoms with Gasteiger partial charge in [0.05, 0.1) is 10.0 Å². The van der Waals surface area contributed by atoms with E-state index in [-0.39, 0.29) is 0 Å². The van der Waals surface area contributed by atoms with Gasteiger partial charge in [0.25, 0.3) is 0 Å². The molecule has 0 aliphatic carbocycles. The topological polar surface area (TPSA) is 26.3 Å². The molecule has 0 amide bonds. The average Bonchev–Trinajstić information content (AvgIpc) is 3.18. The summed E-state index contributed by atoms with van der Waals surface area (Å²) in [6.45, 7) is 0. The number of rotatable bonds is 0. The first kappa shape index (κ1) is 14.5. The van der Waals surface area contributed by atoms with E-state index in [0.717, 1.165) is 54.6 Å². The van der Waals surface area contributed by atoms with Crippen LogP contribution in [0.1, 0.15) is 0 Å². The van der Waals surface area contributed by atoms with Gasteiger partial charge in [-0.25, -0.2) is 0 Å². The SMILES string of the molecule is Clc1ccc2oc3cc4cc5c(cc4cc3c2c1Cl)oc1ccccc15. The fourth-order valence-corrected chi connectivity index (χ4v) is 4.18. The first-order valence-electron chi connectivity index (χ1n) is 8.24. The predicted octanol–water partition coefficient (Wildman–Crippen LogP) is 7.95. The zero-order chi connectivity index (χ0) is 17.4.